The zero-order valence-electron chi connectivity index (χ0n) is 19.1. The molecule has 34 heavy (non-hydrogen) atoms. The molecule has 0 heterocycles. The number of anilines is 2. The van der Waals surface area contributed by atoms with Crippen LogP contribution in [0.2, 0.25) is 0 Å². The van der Waals surface area contributed by atoms with Crippen LogP contribution in [0.15, 0.2) is 133 Å². The van der Waals surface area contributed by atoms with Crippen LogP contribution in [-0.4, -0.2) is 7.05 Å². The molecule has 0 atom stereocenters. The summed E-state index contributed by atoms with van der Waals surface area (Å²) in [7, 11) is 2.15. The molecule has 0 spiro atoms. The number of benzene rings is 6. The zero-order chi connectivity index (χ0) is 22.9. The lowest BCUT2D eigenvalue weighted by atomic mass is 9.93. The van der Waals surface area contributed by atoms with Gasteiger partial charge in [0.05, 0.1) is 0 Å². The Morgan fingerprint density at radius 3 is 1.94 bits per heavy atom. The Balaban J connectivity index is 1.49. The van der Waals surface area contributed by atoms with Crippen molar-refractivity contribution in [3.8, 4) is 22.3 Å². The standard InChI is InChI=1S/C33H25N/c1-34(33-21-10-9-18-29(33)24-12-3-2-4-13-24)27-16-11-15-25(22-27)32-23-26-14-5-6-17-28(26)30-19-7-8-20-31(30)32/h2-23H,1H3. The van der Waals surface area contributed by atoms with Crippen LogP contribution in [0.4, 0.5) is 11.4 Å². The van der Waals surface area contributed by atoms with Gasteiger partial charge >= 0.3 is 0 Å². The SMILES string of the molecule is CN(c1cccc(-c2cc3ccccc3c3ccccc23)c1)c1ccccc1-c1ccccc1. The van der Waals surface area contributed by atoms with Crippen molar-refractivity contribution in [3.05, 3.63) is 133 Å². The first kappa shape index (κ1) is 20.3. The van der Waals surface area contributed by atoms with Crippen molar-refractivity contribution in [2.24, 2.45) is 0 Å². The van der Waals surface area contributed by atoms with Crippen LogP contribution in [0.5, 0.6) is 0 Å². The minimum atomic E-state index is 1.16. The lowest BCUT2D eigenvalue weighted by Gasteiger charge is -2.24. The van der Waals surface area contributed by atoms with Gasteiger partial charge in [-0.25, -0.2) is 0 Å². The Bertz CT molecular complexity index is 1610. The largest absolute Gasteiger partial charge is 0.344 e. The zero-order valence-corrected chi connectivity index (χ0v) is 19.1. The van der Waals surface area contributed by atoms with E-state index in [2.05, 4.69) is 145 Å². The Morgan fingerprint density at radius 1 is 0.441 bits per heavy atom. The van der Waals surface area contributed by atoms with E-state index in [-0.39, 0.29) is 0 Å². The van der Waals surface area contributed by atoms with Crippen molar-refractivity contribution in [2.45, 2.75) is 0 Å². The molecule has 1 nitrogen and oxygen atoms in total. The summed E-state index contributed by atoms with van der Waals surface area (Å²) in [6.07, 6.45) is 0. The molecule has 0 aliphatic heterocycles. The summed E-state index contributed by atoms with van der Waals surface area (Å²) in [5.41, 5.74) is 7.30. The first-order valence-electron chi connectivity index (χ1n) is 11.7. The Hall–Kier alpha value is -4.36. The van der Waals surface area contributed by atoms with Crippen LogP contribution >= 0.6 is 0 Å². The van der Waals surface area contributed by atoms with Crippen LogP contribution in [0.3, 0.4) is 0 Å². The third kappa shape index (κ3) is 3.52. The van der Waals surface area contributed by atoms with E-state index in [1.54, 1.807) is 0 Å². The van der Waals surface area contributed by atoms with Crippen LogP contribution < -0.4 is 4.90 Å². The van der Waals surface area contributed by atoms with E-state index in [1.807, 2.05) is 0 Å². The molecule has 0 amide bonds. The predicted molar refractivity (Wildman–Crippen MR) is 147 cm³/mol. The Labute approximate surface area is 200 Å². The number of nitrogens with zero attached hydrogens (tertiary/aromatic N) is 1. The van der Waals surface area contributed by atoms with Gasteiger partial charge < -0.3 is 4.90 Å². The summed E-state index contributed by atoms with van der Waals surface area (Å²) in [6, 6.07) is 47.8. The quantitative estimate of drug-likeness (QED) is 0.250. The molecular formula is C33H25N. The number of hydrogen-bond donors (Lipinski definition) is 0. The minimum Gasteiger partial charge on any atom is -0.344 e. The molecule has 0 unspecified atom stereocenters. The van der Waals surface area contributed by atoms with Gasteiger partial charge in [-0.15, -0.1) is 0 Å². The summed E-state index contributed by atoms with van der Waals surface area (Å²) in [4.78, 5) is 2.29. The van der Waals surface area contributed by atoms with Crippen LogP contribution in [-0.2, 0) is 0 Å². The van der Waals surface area contributed by atoms with Gasteiger partial charge in [0.2, 0.25) is 0 Å². The maximum absolute atomic E-state index is 2.33. The van der Waals surface area contributed by atoms with Gasteiger partial charge in [0.25, 0.3) is 0 Å². The molecular weight excluding hydrogens is 410 g/mol. The second-order valence-electron chi connectivity index (χ2n) is 8.68. The van der Waals surface area contributed by atoms with E-state index in [9.17, 15) is 0 Å². The molecule has 162 valence electrons. The average Bonchev–Trinajstić information content (AvgIpc) is 2.93. The van der Waals surface area contributed by atoms with Crippen molar-refractivity contribution in [1.82, 2.24) is 0 Å². The second kappa shape index (κ2) is 8.53. The normalized spacial score (nSPS) is 11.1. The summed E-state index contributed by atoms with van der Waals surface area (Å²) < 4.78 is 0. The minimum absolute atomic E-state index is 1.16. The third-order valence-corrected chi connectivity index (χ3v) is 6.66. The van der Waals surface area contributed by atoms with Crippen molar-refractivity contribution in [3.63, 3.8) is 0 Å². The van der Waals surface area contributed by atoms with E-state index in [1.165, 1.54) is 49.5 Å². The summed E-state index contributed by atoms with van der Waals surface area (Å²) >= 11 is 0. The summed E-state index contributed by atoms with van der Waals surface area (Å²) in [5, 5.41) is 5.14. The monoisotopic (exact) mass is 435 g/mol. The third-order valence-electron chi connectivity index (χ3n) is 6.66. The highest BCUT2D eigenvalue weighted by atomic mass is 15.1. The topological polar surface area (TPSA) is 3.24 Å². The van der Waals surface area contributed by atoms with E-state index < -0.39 is 0 Å². The van der Waals surface area contributed by atoms with Gasteiger partial charge in [-0.3, -0.25) is 0 Å². The molecule has 0 N–H and O–H groups in total. The molecule has 0 saturated heterocycles. The highest BCUT2D eigenvalue weighted by molar-refractivity contribution is 6.13. The van der Waals surface area contributed by atoms with Crippen molar-refractivity contribution >= 4 is 32.9 Å². The van der Waals surface area contributed by atoms with E-state index in [0.29, 0.717) is 0 Å². The highest BCUT2D eigenvalue weighted by Crippen LogP contribution is 2.38. The van der Waals surface area contributed by atoms with Crippen LogP contribution in [0, 0.1) is 0 Å². The highest BCUT2D eigenvalue weighted by Gasteiger charge is 2.13. The van der Waals surface area contributed by atoms with Crippen LogP contribution in [0.25, 0.3) is 43.8 Å². The van der Waals surface area contributed by atoms with Crippen molar-refractivity contribution in [2.75, 3.05) is 11.9 Å². The fourth-order valence-electron chi connectivity index (χ4n) is 4.94. The molecule has 6 rings (SSSR count). The van der Waals surface area contributed by atoms with Crippen molar-refractivity contribution in [1.29, 1.82) is 0 Å². The molecule has 0 bridgehead atoms. The lowest BCUT2D eigenvalue weighted by molar-refractivity contribution is 1.21. The molecule has 0 aliphatic carbocycles. The van der Waals surface area contributed by atoms with Crippen molar-refractivity contribution < 1.29 is 0 Å². The first-order valence-corrected chi connectivity index (χ1v) is 11.7. The fourth-order valence-corrected chi connectivity index (χ4v) is 4.94. The summed E-state index contributed by atoms with van der Waals surface area (Å²) in [5.74, 6) is 0. The van der Waals surface area contributed by atoms with E-state index >= 15 is 0 Å². The molecule has 0 fully saturated rings. The molecule has 6 aromatic carbocycles. The van der Waals surface area contributed by atoms with Gasteiger partial charge in [0.1, 0.15) is 0 Å². The number of fused-ring (bicyclic) bond motifs is 3. The lowest BCUT2D eigenvalue weighted by Crippen LogP contribution is -2.10. The number of hydrogen-bond acceptors (Lipinski definition) is 1. The van der Waals surface area contributed by atoms with E-state index in [4.69, 9.17) is 0 Å². The van der Waals surface area contributed by atoms with Gasteiger partial charge in [-0.1, -0.05) is 109 Å². The van der Waals surface area contributed by atoms with E-state index in [0.717, 1.165) is 5.69 Å². The van der Waals surface area contributed by atoms with Gasteiger partial charge in [0, 0.05) is 24.0 Å². The molecule has 0 aliphatic rings. The smallest absolute Gasteiger partial charge is 0.0487 e. The maximum Gasteiger partial charge on any atom is 0.0487 e. The maximum atomic E-state index is 2.33. The predicted octanol–water partition coefficient (Wildman–Crippen LogP) is 9.09. The second-order valence-corrected chi connectivity index (χ2v) is 8.68. The van der Waals surface area contributed by atoms with Crippen LogP contribution in [0.1, 0.15) is 0 Å². The molecule has 6 aromatic rings. The number of rotatable bonds is 4. The fraction of sp³-hybridized carbons (Fsp3) is 0.0303. The average molecular weight is 436 g/mol. The molecule has 1 heteroatoms. The van der Waals surface area contributed by atoms with Gasteiger partial charge in [-0.05, 0) is 62.5 Å². The number of para-hydroxylation sites is 1. The van der Waals surface area contributed by atoms with Gasteiger partial charge in [0.15, 0.2) is 0 Å². The molecule has 0 aromatic heterocycles. The Kier molecular flexibility index (Phi) is 5.08. The molecule has 0 radical (unpaired) electrons. The summed E-state index contributed by atoms with van der Waals surface area (Å²) in [6.45, 7) is 0. The Morgan fingerprint density at radius 2 is 1.09 bits per heavy atom. The molecule has 0 saturated carbocycles. The first-order chi connectivity index (χ1) is 16.8. The van der Waals surface area contributed by atoms with Gasteiger partial charge in [-0.2, -0.15) is 0 Å².